The molecule has 0 amide bonds. The minimum Gasteiger partial charge on any atom is -0.508 e. The quantitative estimate of drug-likeness (QED) is 0.839. The van der Waals surface area contributed by atoms with Gasteiger partial charge in [0.15, 0.2) is 0 Å². The lowest BCUT2D eigenvalue weighted by molar-refractivity contribution is 0.471. The first-order valence-corrected chi connectivity index (χ1v) is 5.83. The van der Waals surface area contributed by atoms with Crippen molar-refractivity contribution >= 4 is 5.69 Å². The van der Waals surface area contributed by atoms with E-state index in [1.54, 1.807) is 6.07 Å². The monoisotopic (exact) mass is 227 g/mol. The molecule has 2 aromatic carbocycles. The molecule has 2 aromatic rings. The summed E-state index contributed by atoms with van der Waals surface area (Å²) < 4.78 is 0. The molecular formula is C15H17NO. The number of hydrogen-bond acceptors (Lipinski definition) is 2. The Morgan fingerprint density at radius 3 is 2.53 bits per heavy atom. The molecule has 0 saturated carbocycles. The Morgan fingerprint density at radius 2 is 1.82 bits per heavy atom. The highest BCUT2D eigenvalue weighted by atomic mass is 16.3. The predicted molar refractivity (Wildman–Crippen MR) is 71.5 cm³/mol. The maximum Gasteiger partial charge on any atom is 0.118 e. The minimum atomic E-state index is 0.366. The lowest BCUT2D eigenvalue weighted by Gasteiger charge is -2.07. The molecule has 0 fully saturated rings. The number of phenols is 1. The highest BCUT2D eigenvalue weighted by Gasteiger charge is 1.98. The first-order chi connectivity index (χ1) is 8.25. The number of anilines is 1. The fourth-order valence-electron chi connectivity index (χ4n) is 1.78. The van der Waals surface area contributed by atoms with Crippen LogP contribution >= 0.6 is 0 Å². The Labute approximate surface area is 102 Å². The molecular weight excluding hydrogens is 210 g/mol. The summed E-state index contributed by atoms with van der Waals surface area (Å²) in [6.07, 6.45) is 0.954. The summed E-state index contributed by atoms with van der Waals surface area (Å²) >= 11 is 0. The number of nitrogens with one attached hydrogen (secondary N) is 1. The van der Waals surface area contributed by atoms with Gasteiger partial charge in [-0.1, -0.05) is 30.3 Å². The van der Waals surface area contributed by atoms with Gasteiger partial charge in [0.1, 0.15) is 5.75 Å². The number of aryl methyl sites for hydroxylation is 1. The van der Waals surface area contributed by atoms with Crippen LogP contribution in [0.15, 0.2) is 48.5 Å². The molecule has 17 heavy (non-hydrogen) atoms. The van der Waals surface area contributed by atoms with Crippen molar-refractivity contribution < 1.29 is 5.11 Å². The second-order valence-corrected chi connectivity index (χ2v) is 4.16. The zero-order valence-corrected chi connectivity index (χ0v) is 9.98. The van der Waals surface area contributed by atoms with Gasteiger partial charge in [-0.05, 0) is 42.7 Å². The molecule has 0 aliphatic heterocycles. The summed E-state index contributed by atoms with van der Waals surface area (Å²) in [4.78, 5) is 0. The van der Waals surface area contributed by atoms with Crippen molar-refractivity contribution in [1.29, 1.82) is 0 Å². The molecule has 0 aromatic heterocycles. The van der Waals surface area contributed by atoms with Crippen LogP contribution in [-0.2, 0) is 6.42 Å². The molecule has 0 atom stereocenters. The SMILES string of the molecule is Cc1cc(CCNc2ccccc2)ccc1O. The van der Waals surface area contributed by atoms with Gasteiger partial charge >= 0.3 is 0 Å². The highest BCUT2D eigenvalue weighted by Crippen LogP contribution is 2.17. The lowest BCUT2D eigenvalue weighted by atomic mass is 10.1. The minimum absolute atomic E-state index is 0.366. The average molecular weight is 227 g/mol. The van der Waals surface area contributed by atoms with E-state index in [1.165, 1.54) is 5.56 Å². The van der Waals surface area contributed by atoms with E-state index >= 15 is 0 Å². The number of hydrogen-bond donors (Lipinski definition) is 2. The summed E-state index contributed by atoms with van der Waals surface area (Å²) in [5.41, 5.74) is 3.31. The van der Waals surface area contributed by atoms with Crippen LogP contribution in [0.1, 0.15) is 11.1 Å². The van der Waals surface area contributed by atoms with Crippen LogP contribution in [0.3, 0.4) is 0 Å². The molecule has 0 aliphatic carbocycles. The molecule has 2 nitrogen and oxygen atoms in total. The number of rotatable bonds is 4. The largest absolute Gasteiger partial charge is 0.508 e. The average Bonchev–Trinajstić information content (AvgIpc) is 2.35. The zero-order valence-electron chi connectivity index (χ0n) is 9.98. The molecule has 2 rings (SSSR count). The van der Waals surface area contributed by atoms with E-state index in [0.29, 0.717) is 5.75 Å². The number of aromatic hydroxyl groups is 1. The molecule has 88 valence electrons. The van der Waals surface area contributed by atoms with Gasteiger partial charge in [0.05, 0.1) is 0 Å². The summed E-state index contributed by atoms with van der Waals surface area (Å²) in [5.74, 6) is 0.366. The van der Waals surface area contributed by atoms with Gasteiger partial charge in [0.2, 0.25) is 0 Å². The molecule has 2 N–H and O–H groups in total. The fraction of sp³-hybridized carbons (Fsp3) is 0.200. The fourth-order valence-corrected chi connectivity index (χ4v) is 1.78. The molecule has 0 bridgehead atoms. The topological polar surface area (TPSA) is 32.3 Å². The Kier molecular flexibility index (Phi) is 3.66. The van der Waals surface area contributed by atoms with Crippen molar-refractivity contribution in [3.8, 4) is 5.75 Å². The van der Waals surface area contributed by atoms with Crippen LogP contribution in [0.4, 0.5) is 5.69 Å². The van der Waals surface area contributed by atoms with Gasteiger partial charge in [0, 0.05) is 12.2 Å². The third-order valence-corrected chi connectivity index (χ3v) is 2.78. The third-order valence-electron chi connectivity index (χ3n) is 2.78. The van der Waals surface area contributed by atoms with Crippen LogP contribution in [0, 0.1) is 6.92 Å². The van der Waals surface area contributed by atoms with E-state index in [0.717, 1.165) is 24.2 Å². The number of benzene rings is 2. The van der Waals surface area contributed by atoms with Crippen molar-refractivity contribution in [1.82, 2.24) is 0 Å². The summed E-state index contributed by atoms with van der Waals surface area (Å²) in [6, 6.07) is 15.9. The Bertz CT molecular complexity index is 480. The predicted octanol–water partition coefficient (Wildman–Crippen LogP) is 3.36. The lowest BCUT2D eigenvalue weighted by Crippen LogP contribution is -2.04. The maximum atomic E-state index is 9.43. The first kappa shape index (κ1) is 11.5. The van der Waals surface area contributed by atoms with E-state index in [9.17, 15) is 5.11 Å². The highest BCUT2D eigenvalue weighted by molar-refractivity contribution is 5.42. The van der Waals surface area contributed by atoms with Gasteiger partial charge in [-0.15, -0.1) is 0 Å². The Hall–Kier alpha value is -1.96. The molecule has 0 spiro atoms. The van der Waals surface area contributed by atoms with Gasteiger partial charge in [-0.3, -0.25) is 0 Å². The smallest absolute Gasteiger partial charge is 0.118 e. The number of para-hydroxylation sites is 1. The normalized spacial score (nSPS) is 10.2. The van der Waals surface area contributed by atoms with Crippen LogP contribution in [0.5, 0.6) is 5.75 Å². The summed E-state index contributed by atoms with van der Waals surface area (Å²) in [5, 5.41) is 12.8. The van der Waals surface area contributed by atoms with Crippen LogP contribution < -0.4 is 5.32 Å². The van der Waals surface area contributed by atoms with Crippen molar-refractivity contribution in [2.45, 2.75) is 13.3 Å². The summed E-state index contributed by atoms with van der Waals surface area (Å²) in [6.45, 7) is 2.82. The zero-order chi connectivity index (χ0) is 12.1. The van der Waals surface area contributed by atoms with Gasteiger partial charge < -0.3 is 10.4 Å². The van der Waals surface area contributed by atoms with Crippen LogP contribution in [0.2, 0.25) is 0 Å². The standard InChI is InChI=1S/C15H17NO/c1-12-11-13(7-8-15(12)17)9-10-16-14-5-3-2-4-6-14/h2-8,11,16-17H,9-10H2,1H3. The number of phenolic OH excluding ortho intramolecular Hbond substituents is 1. The van der Waals surface area contributed by atoms with E-state index in [-0.39, 0.29) is 0 Å². The van der Waals surface area contributed by atoms with Gasteiger partial charge in [-0.25, -0.2) is 0 Å². The van der Waals surface area contributed by atoms with Crippen molar-refractivity contribution in [2.75, 3.05) is 11.9 Å². The van der Waals surface area contributed by atoms with E-state index in [4.69, 9.17) is 0 Å². The molecule has 0 unspecified atom stereocenters. The third kappa shape index (κ3) is 3.25. The van der Waals surface area contributed by atoms with Crippen LogP contribution in [-0.4, -0.2) is 11.7 Å². The Balaban J connectivity index is 1.88. The Morgan fingerprint density at radius 1 is 1.06 bits per heavy atom. The second-order valence-electron chi connectivity index (χ2n) is 4.16. The second kappa shape index (κ2) is 5.39. The molecule has 2 heteroatoms. The van der Waals surface area contributed by atoms with E-state index in [1.807, 2.05) is 37.3 Å². The van der Waals surface area contributed by atoms with Gasteiger partial charge in [-0.2, -0.15) is 0 Å². The van der Waals surface area contributed by atoms with Crippen molar-refractivity contribution in [3.05, 3.63) is 59.7 Å². The van der Waals surface area contributed by atoms with Crippen molar-refractivity contribution in [2.24, 2.45) is 0 Å². The molecule has 0 aliphatic rings. The molecule has 0 saturated heterocycles. The summed E-state index contributed by atoms with van der Waals surface area (Å²) in [7, 11) is 0. The van der Waals surface area contributed by atoms with Crippen molar-refractivity contribution in [3.63, 3.8) is 0 Å². The molecule has 0 radical (unpaired) electrons. The maximum absolute atomic E-state index is 9.43. The molecule has 0 heterocycles. The van der Waals surface area contributed by atoms with Gasteiger partial charge in [0.25, 0.3) is 0 Å². The van der Waals surface area contributed by atoms with E-state index in [2.05, 4.69) is 17.4 Å². The van der Waals surface area contributed by atoms with E-state index < -0.39 is 0 Å². The first-order valence-electron chi connectivity index (χ1n) is 5.83. The van der Waals surface area contributed by atoms with Crippen LogP contribution in [0.25, 0.3) is 0 Å².